The number of carbonyl (C=O) groups is 2. The van der Waals surface area contributed by atoms with Crippen molar-refractivity contribution in [1.29, 1.82) is 0 Å². The summed E-state index contributed by atoms with van der Waals surface area (Å²) in [5, 5.41) is 21.2. The zero-order valence-corrected chi connectivity index (χ0v) is 13.7. The van der Waals surface area contributed by atoms with Crippen LogP contribution >= 0.6 is 0 Å². The minimum atomic E-state index is -0.759. The van der Waals surface area contributed by atoms with Gasteiger partial charge < -0.3 is 25.0 Å². The standard InChI is InChI=1S/C16H19FN3O5/c1-10(21)20(24)9-13-8-19(16(23)25-13)11-2-3-15(14(17)6-11)18-5-4-12(22)7-18/h2-3,6,12-13,22H,4-5,7-9H2,1H3/q-1. The summed E-state index contributed by atoms with van der Waals surface area (Å²) in [7, 11) is 0. The van der Waals surface area contributed by atoms with Crippen molar-refractivity contribution in [2.45, 2.75) is 25.6 Å². The Morgan fingerprint density at radius 2 is 2.24 bits per heavy atom. The van der Waals surface area contributed by atoms with Crippen molar-refractivity contribution in [3.8, 4) is 0 Å². The van der Waals surface area contributed by atoms with Crippen LogP contribution in [0.4, 0.5) is 20.6 Å². The number of benzene rings is 1. The van der Waals surface area contributed by atoms with Gasteiger partial charge in [-0.05, 0) is 24.6 Å². The molecule has 9 heteroatoms. The second kappa shape index (κ2) is 6.85. The van der Waals surface area contributed by atoms with E-state index in [1.165, 1.54) is 11.0 Å². The number of halogens is 1. The monoisotopic (exact) mass is 352 g/mol. The summed E-state index contributed by atoms with van der Waals surface area (Å²) in [6, 6.07) is 4.37. The van der Waals surface area contributed by atoms with E-state index in [9.17, 15) is 24.3 Å². The van der Waals surface area contributed by atoms with Gasteiger partial charge in [0.25, 0.3) is 0 Å². The molecule has 25 heavy (non-hydrogen) atoms. The largest absolute Gasteiger partial charge is 0.756 e. The molecule has 2 aliphatic heterocycles. The molecule has 0 spiro atoms. The third-order valence-corrected chi connectivity index (χ3v) is 4.34. The molecule has 2 saturated heterocycles. The van der Waals surface area contributed by atoms with Crippen molar-refractivity contribution < 1.29 is 23.8 Å². The van der Waals surface area contributed by atoms with Crippen LogP contribution < -0.4 is 9.80 Å². The number of hydrogen-bond acceptors (Lipinski definition) is 6. The van der Waals surface area contributed by atoms with Crippen LogP contribution in [-0.4, -0.2) is 60.6 Å². The summed E-state index contributed by atoms with van der Waals surface area (Å²) in [4.78, 5) is 25.9. The molecule has 1 N–H and O–H groups in total. The molecule has 1 aromatic carbocycles. The van der Waals surface area contributed by atoms with Crippen molar-refractivity contribution in [1.82, 2.24) is 5.06 Å². The van der Waals surface area contributed by atoms with E-state index in [2.05, 4.69) is 0 Å². The molecular formula is C16H19FN3O5-. The fourth-order valence-corrected chi connectivity index (χ4v) is 3.02. The minimum absolute atomic E-state index is 0.0616. The summed E-state index contributed by atoms with van der Waals surface area (Å²) in [5.74, 6) is -1.17. The fourth-order valence-electron chi connectivity index (χ4n) is 3.02. The first kappa shape index (κ1) is 17.4. The number of hydroxylamine groups is 2. The van der Waals surface area contributed by atoms with Crippen LogP contribution in [0, 0.1) is 11.0 Å². The van der Waals surface area contributed by atoms with E-state index >= 15 is 0 Å². The highest BCUT2D eigenvalue weighted by atomic mass is 19.1. The Morgan fingerprint density at radius 1 is 1.48 bits per heavy atom. The predicted octanol–water partition coefficient (Wildman–Crippen LogP) is 1.07. The maximum atomic E-state index is 14.4. The maximum absolute atomic E-state index is 14.4. The number of β-amino-alcohol motifs (C(OH)–C–C–N with tert-alkyl or cyclic N) is 1. The highest BCUT2D eigenvalue weighted by Gasteiger charge is 2.33. The summed E-state index contributed by atoms with van der Waals surface area (Å²) in [6.45, 7) is 1.87. The molecule has 0 aromatic heterocycles. The molecule has 0 saturated carbocycles. The van der Waals surface area contributed by atoms with Gasteiger partial charge in [0.05, 0.1) is 24.0 Å². The number of anilines is 2. The number of hydrogen-bond donors (Lipinski definition) is 1. The molecule has 2 amide bonds. The van der Waals surface area contributed by atoms with Crippen LogP contribution in [0.5, 0.6) is 0 Å². The lowest BCUT2D eigenvalue weighted by Crippen LogP contribution is -2.34. The first-order valence-electron chi connectivity index (χ1n) is 8.01. The quantitative estimate of drug-likeness (QED) is 0.814. The lowest BCUT2D eigenvalue weighted by Gasteiger charge is -2.28. The summed E-state index contributed by atoms with van der Waals surface area (Å²) in [6.07, 6.45) is -1.33. The van der Waals surface area contributed by atoms with Gasteiger partial charge in [-0.1, -0.05) is 0 Å². The Hall–Kier alpha value is -2.39. The number of rotatable bonds is 4. The van der Waals surface area contributed by atoms with Gasteiger partial charge in [-0.25, -0.2) is 9.18 Å². The first-order valence-corrected chi connectivity index (χ1v) is 8.01. The van der Waals surface area contributed by atoms with Gasteiger partial charge in [0, 0.05) is 26.6 Å². The number of nitrogens with zero attached hydrogens (tertiary/aromatic N) is 3. The predicted molar refractivity (Wildman–Crippen MR) is 87.6 cm³/mol. The van der Waals surface area contributed by atoms with Gasteiger partial charge in [-0.15, -0.1) is 0 Å². The molecule has 0 aliphatic carbocycles. The number of cyclic esters (lactones) is 1. The lowest BCUT2D eigenvalue weighted by atomic mass is 10.2. The second-order valence-corrected chi connectivity index (χ2v) is 6.22. The van der Waals surface area contributed by atoms with Crippen molar-refractivity contribution in [3.63, 3.8) is 0 Å². The van der Waals surface area contributed by atoms with Crippen molar-refractivity contribution in [2.75, 3.05) is 36.0 Å². The van der Waals surface area contributed by atoms with Crippen LogP contribution in [0.3, 0.4) is 0 Å². The van der Waals surface area contributed by atoms with Gasteiger partial charge in [0.1, 0.15) is 11.9 Å². The number of carbonyl (C=O) groups excluding carboxylic acids is 2. The lowest BCUT2D eigenvalue weighted by molar-refractivity contribution is -0.127. The second-order valence-electron chi connectivity index (χ2n) is 6.22. The number of amides is 2. The Balaban J connectivity index is 1.70. The van der Waals surface area contributed by atoms with Gasteiger partial charge in [0.15, 0.2) is 0 Å². The summed E-state index contributed by atoms with van der Waals surface area (Å²) in [5.41, 5.74) is 0.681. The Morgan fingerprint density at radius 3 is 2.84 bits per heavy atom. The number of aliphatic hydroxyl groups excluding tert-OH is 1. The minimum Gasteiger partial charge on any atom is -0.756 e. The molecule has 2 unspecified atom stereocenters. The van der Waals surface area contributed by atoms with E-state index in [1.54, 1.807) is 17.0 Å². The third kappa shape index (κ3) is 3.67. The molecular weight excluding hydrogens is 333 g/mol. The molecule has 3 rings (SSSR count). The highest BCUT2D eigenvalue weighted by Crippen LogP contribution is 2.29. The van der Waals surface area contributed by atoms with E-state index in [1.807, 2.05) is 0 Å². The van der Waals surface area contributed by atoms with Crippen molar-refractivity contribution >= 4 is 23.4 Å². The number of ether oxygens (including phenoxy) is 1. The first-order chi connectivity index (χ1) is 11.8. The molecule has 0 bridgehead atoms. The van der Waals surface area contributed by atoms with Crippen LogP contribution in [0.2, 0.25) is 0 Å². The van der Waals surface area contributed by atoms with Crippen LogP contribution in [0.1, 0.15) is 13.3 Å². The fraction of sp³-hybridized carbons (Fsp3) is 0.500. The summed E-state index contributed by atoms with van der Waals surface area (Å²) < 4.78 is 19.5. The zero-order valence-electron chi connectivity index (χ0n) is 13.7. The van der Waals surface area contributed by atoms with Crippen LogP contribution in [0.15, 0.2) is 18.2 Å². The Bertz CT molecular complexity index is 686. The highest BCUT2D eigenvalue weighted by molar-refractivity contribution is 5.90. The van der Waals surface area contributed by atoms with Gasteiger partial charge >= 0.3 is 6.09 Å². The molecule has 0 radical (unpaired) electrons. The topological polar surface area (TPSA) is 96.4 Å². The van der Waals surface area contributed by atoms with Crippen molar-refractivity contribution in [2.24, 2.45) is 0 Å². The van der Waals surface area contributed by atoms with Gasteiger partial charge in [-0.3, -0.25) is 9.69 Å². The number of aliphatic hydroxyl groups is 1. The average Bonchev–Trinajstić information content (AvgIpc) is 3.13. The van der Waals surface area contributed by atoms with Gasteiger partial charge in [-0.2, -0.15) is 0 Å². The average molecular weight is 352 g/mol. The zero-order chi connectivity index (χ0) is 18.1. The smallest absolute Gasteiger partial charge is 0.414 e. The molecule has 2 fully saturated rings. The molecule has 136 valence electrons. The van der Waals surface area contributed by atoms with Gasteiger partial charge in [0.2, 0.25) is 5.91 Å². The van der Waals surface area contributed by atoms with E-state index < -0.39 is 30.0 Å². The van der Waals surface area contributed by atoms with Crippen LogP contribution in [0.25, 0.3) is 0 Å². The molecule has 2 heterocycles. The SMILES string of the molecule is CC(=O)N([O-])CC1CN(c2ccc(N3CCC(O)C3)c(F)c2)C(=O)O1. The van der Waals surface area contributed by atoms with Crippen molar-refractivity contribution in [3.05, 3.63) is 29.2 Å². The summed E-state index contributed by atoms with van der Waals surface area (Å²) >= 11 is 0. The Labute approximate surface area is 143 Å². The van der Waals surface area contributed by atoms with E-state index in [0.29, 0.717) is 30.9 Å². The third-order valence-electron chi connectivity index (χ3n) is 4.34. The van der Waals surface area contributed by atoms with Crippen LogP contribution in [-0.2, 0) is 9.53 Å². The molecule has 1 aromatic rings. The Kier molecular flexibility index (Phi) is 4.78. The molecule has 8 nitrogen and oxygen atoms in total. The molecule has 2 aliphatic rings. The normalized spacial score (nSPS) is 23.1. The van der Waals surface area contributed by atoms with E-state index in [0.717, 1.165) is 6.92 Å². The van der Waals surface area contributed by atoms with E-state index in [-0.39, 0.29) is 18.2 Å². The van der Waals surface area contributed by atoms with E-state index in [4.69, 9.17) is 4.74 Å². The maximum Gasteiger partial charge on any atom is 0.414 e. The molecule has 2 atom stereocenters.